The van der Waals surface area contributed by atoms with E-state index in [9.17, 15) is 9.65 Å². The van der Waals surface area contributed by atoms with E-state index in [2.05, 4.69) is 28.3 Å². The van der Waals surface area contributed by atoms with Crippen molar-refractivity contribution in [3.05, 3.63) is 64.1 Å². The molecule has 0 saturated heterocycles. The fourth-order valence-electron chi connectivity index (χ4n) is 3.15. The first-order valence-corrected chi connectivity index (χ1v) is 8.97. The molecule has 144 valence electrons. The summed E-state index contributed by atoms with van der Waals surface area (Å²) in [6.45, 7) is 5.31. The standard InChI is InChI=1S/C21H21FN4O2/c1-24-26-13-17(16-4-7-27-8-5-16)10-15(11-23)12-25-14-19-18-6-9-28-21(18)3-2-20(19)22/h2-4,10,12-13,25H,1,5-9,14H2/b15-12-,17-10+,26-13+. The molecule has 1 N–H and O–H groups in total. The molecule has 0 saturated carbocycles. The Labute approximate surface area is 163 Å². The number of nitrogens with one attached hydrogen (secondary N) is 1. The number of halogens is 1. The first-order valence-electron chi connectivity index (χ1n) is 8.97. The highest BCUT2D eigenvalue weighted by Gasteiger charge is 2.18. The SMILES string of the molecule is C=N/N=C/C(=C\C(C#N)=C\NCc1c(F)ccc2c1CCO2)C1=CCOCC1. The first-order chi connectivity index (χ1) is 13.7. The van der Waals surface area contributed by atoms with Crippen LogP contribution in [0, 0.1) is 17.1 Å². The fourth-order valence-corrected chi connectivity index (χ4v) is 3.15. The Kier molecular flexibility index (Phi) is 6.71. The molecule has 0 unspecified atom stereocenters. The first kappa shape index (κ1) is 19.5. The van der Waals surface area contributed by atoms with Crippen molar-refractivity contribution in [3.8, 4) is 11.8 Å². The predicted octanol–water partition coefficient (Wildman–Crippen LogP) is 3.22. The van der Waals surface area contributed by atoms with Crippen molar-refractivity contribution >= 4 is 12.9 Å². The van der Waals surface area contributed by atoms with Crippen LogP contribution in [0.5, 0.6) is 5.75 Å². The quantitative estimate of drug-likeness (QED) is 0.341. The second kappa shape index (κ2) is 9.62. The van der Waals surface area contributed by atoms with Crippen molar-refractivity contribution in [2.45, 2.75) is 19.4 Å². The van der Waals surface area contributed by atoms with E-state index in [1.165, 1.54) is 6.07 Å². The van der Waals surface area contributed by atoms with E-state index >= 15 is 0 Å². The second-order valence-electron chi connectivity index (χ2n) is 6.23. The van der Waals surface area contributed by atoms with E-state index in [1.807, 2.05) is 6.08 Å². The van der Waals surface area contributed by atoms with Gasteiger partial charge in [-0.3, -0.25) is 0 Å². The van der Waals surface area contributed by atoms with Crippen molar-refractivity contribution in [1.29, 1.82) is 5.26 Å². The van der Waals surface area contributed by atoms with Crippen LogP contribution in [0.2, 0.25) is 0 Å². The number of hydrogen-bond donors (Lipinski definition) is 1. The Bertz CT molecular complexity index is 910. The van der Waals surface area contributed by atoms with Crippen molar-refractivity contribution in [2.24, 2.45) is 10.2 Å². The highest BCUT2D eigenvalue weighted by Crippen LogP contribution is 2.30. The molecule has 2 heterocycles. The van der Waals surface area contributed by atoms with Gasteiger partial charge in [0.2, 0.25) is 0 Å². The fraction of sp³-hybridized carbons (Fsp3) is 0.286. The molecule has 3 rings (SSSR count). The molecule has 2 aliphatic rings. The summed E-state index contributed by atoms with van der Waals surface area (Å²) in [5, 5.41) is 19.9. The van der Waals surface area contributed by atoms with Crippen molar-refractivity contribution in [2.75, 3.05) is 19.8 Å². The monoisotopic (exact) mass is 380 g/mol. The number of nitrogens with zero attached hydrogens (tertiary/aromatic N) is 3. The number of ether oxygens (including phenoxy) is 2. The van der Waals surface area contributed by atoms with Gasteiger partial charge in [-0.2, -0.15) is 15.5 Å². The van der Waals surface area contributed by atoms with Crippen LogP contribution >= 0.6 is 0 Å². The zero-order chi connectivity index (χ0) is 19.8. The molecule has 28 heavy (non-hydrogen) atoms. The van der Waals surface area contributed by atoms with Crippen molar-refractivity contribution < 1.29 is 13.9 Å². The number of nitriles is 1. The molecule has 6 nitrogen and oxygen atoms in total. The van der Waals surface area contributed by atoms with Gasteiger partial charge < -0.3 is 14.8 Å². The Balaban J connectivity index is 1.78. The Morgan fingerprint density at radius 3 is 3.00 bits per heavy atom. The lowest BCUT2D eigenvalue weighted by molar-refractivity contribution is 0.155. The molecule has 0 bridgehead atoms. The molecule has 0 spiro atoms. The second-order valence-corrected chi connectivity index (χ2v) is 6.23. The zero-order valence-corrected chi connectivity index (χ0v) is 15.4. The summed E-state index contributed by atoms with van der Waals surface area (Å²) in [6.07, 6.45) is 8.22. The smallest absolute Gasteiger partial charge is 0.128 e. The number of hydrogen-bond acceptors (Lipinski definition) is 6. The summed E-state index contributed by atoms with van der Waals surface area (Å²) in [5.74, 6) is 0.445. The van der Waals surface area contributed by atoms with Gasteiger partial charge in [0.1, 0.15) is 17.6 Å². The molecule has 7 heteroatoms. The van der Waals surface area contributed by atoms with Crippen LogP contribution in [0.3, 0.4) is 0 Å². The van der Waals surface area contributed by atoms with Crippen LogP contribution in [-0.4, -0.2) is 32.8 Å². The Hall–Kier alpha value is -3.24. The maximum atomic E-state index is 14.2. The summed E-state index contributed by atoms with van der Waals surface area (Å²) < 4.78 is 25.0. The summed E-state index contributed by atoms with van der Waals surface area (Å²) in [6, 6.07) is 5.20. The van der Waals surface area contributed by atoms with Crippen LogP contribution in [0.15, 0.2) is 57.4 Å². The van der Waals surface area contributed by atoms with Gasteiger partial charge >= 0.3 is 0 Å². The molecular formula is C21H21FN4O2. The summed E-state index contributed by atoms with van der Waals surface area (Å²) in [7, 11) is 0. The third-order valence-electron chi connectivity index (χ3n) is 4.53. The van der Waals surface area contributed by atoms with E-state index in [1.54, 1.807) is 24.6 Å². The lowest BCUT2D eigenvalue weighted by atomic mass is 10.0. The minimum atomic E-state index is -0.281. The lowest BCUT2D eigenvalue weighted by Crippen LogP contribution is -2.10. The molecule has 0 amide bonds. The van der Waals surface area contributed by atoms with Gasteiger partial charge in [-0.25, -0.2) is 4.39 Å². The molecule has 1 aromatic carbocycles. The minimum Gasteiger partial charge on any atom is -0.493 e. The van der Waals surface area contributed by atoms with Crippen LogP contribution in [-0.2, 0) is 17.7 Å². The summed E-state index contributed by atoms with van der Waals surface area (Å²) in [4.78, 5) is 0. The van der Waals surface area contributed by atoms with Gasteiger partial charge in [0, 0.05) is 37.0 Å². The van der Waals surface area contributed by atoms with Gasteiger partial charge in [0.05, 0.1) is 31.6 Å². The van der Waals surface area contributed by atoms with Crippen molar-refractivity contribution in [3.63, 3.8) is 0 Å². The van der Waals surface area contributed by atoms with Gasteiger partial charge in [0.25, 0.3) is 0 Å². The van der Waals surface area contributed by atoms with Crippen LogP contribution in [0.1, 0.15) is 17.5 Å². The van der Waals surface area contributed by atoms with Crippen LogP contribution in [0.25, 0.3) is 0 Å². The summed E-state index contributed by atoms with van der Waals surface area (Å²) in [5.41, 5.74) is 3.64. The number of rotatable bonds is 7. The maximum absolute atomic E-state index is 14.2. The number of allylic oxidation sites excluding steroid dienone is 3. The highest BCUT2D eigenvalue weighted by atomic mass is 19.1. The lowest BCUT2D eigenvalue weighted by Gasteiger charge is -2.14. The topological polar surface area (TPSA) is 79.0 Å². The number of fused-ring (bicyclic) bond motifs is 1. The van der Waals surface area contributed by atoms with Gasteiger partial charge in [-0.15, -0.1) is 0 Å². The van der Waals surface area contributed by atoms with E-state index in [0.717, 1.165) is 28.9 Å². The summed E-state index contributed by atoms with van der Waals surface area (Å²) >= 11 is 0. The van der Waals surface area contributed by atoms with Gasteiger partial charge in [-0.1, -0.05) is 6.08 Å². The molecular weight excluding hydrogens is 359 g/mol. The molecule has 0 aliphatic carbocycles. The normalized spacial score (nSPS) is 16.9. The molecule has 2 aliphatic heterocycles. The zero-order valence-electron chi connectivity index (χ0n) is 15.4. The number of benzene rings is 1. The molecule has 0 radical (unpaired) electrons. The Morgan fingerprint density at radius 1 is 1.36 bits per heavy atom. The maximum Gasteiger partial charge on any atom is 0.128 e. The van der Waals surface area contributed by atoms with Crippen LogP contribution in [0.4, 0.5) is 4.39 Å². The van der Waals surface area contributed by atoms with E-state index in [4.69, 9.17) is 9.47 Å². The van der Waals surface area contributed by atoms with E-state index in [0.29, 0.717) is 37.4 Å². The largest absolute Gasteiger partial charge is 0.493 e. The average molecular weight is 380 g/mol. The van der Waals surface area contributed by atoms with Crippen LogP contribution < -0.4 is 10.1 Å². The molecule has 1 aromatic rings. The third-order valence-corrected chi connectivity index (χ3v) is 4.53. The predicted molar refractivity (Wildman–Crippen MR) is 106 cm³/mol. The van der Waals surface area contributed by atoms with E-state index in [-0.39, 0.29) is 12.4 Å². The van der Waals surface area contributed by atoms with Crippen molar-refractivity contribution in [1.82, 2.24) is 5.32 Å². The molecule has 0 fully saturated rings. The van der Waals surface area contributed by atoms with Gasteiger partial charge in [-0.05, 0) is 35.8 Å². The van der Waals surface area contributed by atoms with Gasteiger partial charge in [0.15, 0.2) is 0 Å². The minimum absolute atomic E-state index is 0.269. The third kappa shape index (κ3) is 4.72. The molecule has 0 aromatic heterocycles. The average Bonchev–Trinajstić information content (AvgIpc) is 3.21. The highest BCUT2D eigenvalue weighted by molar-refractivity contribution is 5.85. The Morgan fingerprint density at radius 2 is 2.25 bits per heavy atom. The van der Waals surface area contributed by atoms with E-state index < -0.39 is 0 Å². The molecule has 0 atom stereocenters.